The second-order valence-corrected chi connectivity index (χ2v) is 13.1. The van der Waals surface area contributed by atoms with Crippen molar-refractivity contribution >= 4 is 6.03 Å². The molecule has 5 heterocycles. The summed E-state index contributed by atoms with van der Waals surface area (Å²) in [5, 5.41) is 7.61. The van der Waals surface area contributed by atoms with Crippen LogP contribution in [0, 0.1) is 10.8 Å². The second-order valence-electron chi connectivity index (χ2n) is 13.1. The maximum absolute atomic E-state index is 13.0. The zero-order valence-corrected chi connectivity index (χ0v) is 20.6. The third kappa shape index (κ3) is 3.38. The van der Waals surface area contributed by atoms with E-state index in [-0.39, 0.29) is 11.4 Å². The molecule has 3 saturated heterocycles. The number of hydrogen-bond acceptors (Lipinski definition) is 5. The smallest absolute Gasteiger partial charge is 0.320 e. The quantitative estimate of drug-likeness (QED) is 0.725. The number of amides is 2. The summed E-state index contributed by atoms with van der Waals surface area (Å²) in [5.41, 5.74) is 1.92. The molecule has 0 bridgehead atoms. The fourth-order valence-electron chi connectivity index (χ4n) is 6.68. The minimum atomic E-state index is 0.0987. The average Bonchev–Trinajstić information content (AvgIpc) is 3.19. The molecule has 9 nitrogen and oxygen atoms in total. The van der Waals surface area contributed by atoms with Gasteiger partial charge in [-0.25, -0.2) is 14.8 Å². The number of rotatable bonds is 4. The lowest BCUT2D eigenvalue weighted by molar-refractivity contribution is -0.117. The molecule has 0 radical (unpaired) electrons. The molecule has 0 unspecified atom stereocenters. The average molecular weight is 465 g/mol. The number of nitrogens with zero attached hydrogens (tertiary/aromatic N) is 6. The first-order valence-electron chi connectivity index (χ1n) is 12.9. The van der Waals surface area contributed by atoms with E-state index in [1.54, 1.807) is 0 Å². The van der Waals surface area contributed by atoms with Crippen LogP contribution in [0.25, 0.3) is 0 Å². The molecule has 5 aliphatic rings. The van der Waals surface area contributed by atoms with Crippen molar-refractivity contribution in [1.29, 1.82) is 0 Å². The van der Waals surface area contributed by atoms with Crippen LogP contribution in [0.15, 0.2) is 6.20 Å². The van der Waals surface area contributed by atoms with E-state index in [9.17, 15) is 4.79 Å². The van der Waals surface area contributed by atoms with Crippen LogP contribution in [-0.4, -0.2) is 85.1 Å². The van der Waals surface area contributed by atoms with Crippen molar-refractivity contribution in [3.05, 3.63) is 29.4 Å². The molecule has 2 saturated carbocycles. The highest BCUT2D eigenvalue weighted by atomic mass is 16.2. The number of aromatic nitrogens is 5. The molecule has 2 aromatic heterocycles. The predicted octanol–water partition coefficient (Wildman–Crippen LogP) is 2.82. The van der Waals surface area contributed by atoms with Crippen molar-refractivity contribution in [2.24, 2.45) is 10.8 Å². The molecular formula is C25H36N8O. The number of urea groups is 1. The van der Waals surface area contributed by atoms with Crippen LogP contribution < -0.4 is 0 Å². The number of H-pyrrole nitrogens is 2. The van der Waals surface area contributed by atoms with Crippen LogP contribution >= 0.6 is 0 Å². The zero-order chi connectivity index (χ0) is 23.3. The highest BCUT2D eigenvalue weighted by Gasteiger charge is 2.58. The van der Waals surface area contributed by atoms with Crippen molar-refractivity contribution < 1.29 is 4.79 Å². The molecule has 2 N–H and O–H groups in total. The summed E-state index contributed by atoms with van der Waals surface area (Å²) in [4.78, 5) is 32.3. The fourth-order valence-corrected chi connectivity index (χ4v) is 6.68. The van der Waals surface area contributed by atoms with Crippen LogP contribution in [0.3, 0.4) is 0 Å². The lowest BCUT2D eigenvalue weighted by Gasteiger charge is -2.63. The second kappa shape index (κ2) is 6.83. The predicted molar refractivity (Wildman–Crippen MR) is 126 cm³/mol. The molecule has 5 fully saturated rings. The first-order chi connectivity index (χ1) is 16.2. The van der Waals surface area contributed by atoms with Crippen molar-refractivity contribution in [2.75, 3.05) is 39.3 Å². The van der Waals surface area contributed by atoms with Gasteiger partial charge in [0.2, 0.25) is 0 Å². The highest BCUT2D eigenvalue weighted by Crippen LogP contribution is 2.56. The third-order valence-corrected chi connectivity index (χ3v) is 8.78. The molecule has 182 valence electrons. The molecule has 0 aromatic carbocycles. The maximum Gasteiger partial charge on any atom is 0.320 e. The van der Waals surface area contributed by atoms with E-state index in [0.717, 1.165) is 76.1 Å². The Balaban J connectivity index is 0.844. The Labute approximate surface area is 200 Å². The van der Waals surface area contributed by atoms with Gasteiger partial charge in [0, 0.05) is 79.2 Å². The summed E-state index contributed by atoms with van der Waals surface area (Å²) in [6.07, 6.45) is 6.72. The van der Waals surface area contributed by atoms with Crippen LogP contribution in [0.5, 0.6) is 0 Å². The van der Waals surface area contributed by atoms with Gasteiger partial charge in [-0.05, 0) is 25.7 Å². The monoisotopic (exact) mass is 464 g/mol. The molecule has 2 aromatic rings. The van der Waals surface area contributed by atoms with Crippen molar-refractivity contribution in [1.82, 2.24) is 39.8 Å². The van der Waals surface area contributed by atoms with E-state index in [2.05, 4.69) is 55.6 Å². The molecule has 34 heavy (non-hydrogen) atoms. The molecule has 2 aliphatic carbocycles. The number of carbonyl (C=O) groups is 1. The number of likely N-dealkylation sites (tertiary alicyclic amines) is 3. The summed E-state index contributed by atoms with van der Waals surface area (Å²) in [6.45, 7) is 13.2. The minimum absolute atomic E-state index is 0.0987. The summed E-state index contributed by atoms with van der Waals surface area (Å²) in [6, 6.07) is 0.243. The molecular weight excluding hydrogens is 428 g/mol. The van der Waals surface area contributed by atoms with Gasteiger partial charge in [0.05, 0.1) is 6.54 Å². The minimum Gasteiger partial charge on any atom is -0.344 e. The van der Waals surface area contributed by atoms with Gasteiger partial charge in [-0.1, -0.05) is 20.8 Å². The summed E-state index contributed by atoms with van der Waals surface area (Å²) >= 11 is 0. The lowest BCUT2D eigenvalue weighted by atomic mass is 9.57. The van der Waals surface area contributed by atoms with Crippen LogP contribution in [-0.2, 0) is 12.0 Å². The van der Waals surface area contributed by atoms with E-state index >= 15 is 0 Å². The molecule has 2 amide bonds. The molecule has 7 rings (SSSR count). The Morgan fingerprint density at radius 1 is 1.03 bits per heavy atom. The van der Waals surface area contributed by atoms with Crippen LogP contribution in [0.1, 0.15) is 81.5 Å². The zero-order valence-electron chi connectivity index (χ0n) is 20.6. The van der Waals surface area contributed by atoms with Gasteiger partial charge in [0.15, 0.2) is 5.82 Å². The van der Waals surface area contributed by atoms with Gasteiger partial charge in [-0.3, -0.25) is 10.00 Å². The number of imidazole rings is 1. The summed E-state index contributed by atoms with van der Waals surface area (Å²) in [7, 11) is 0. The normalized spacial score (nSPS) is 25.7. The Morgan fingerprint density at radius 2 is 1.71 bits per heavy atom. The van der Waals surface area contributed by atoms with Crippen molar-refractivity contribution in [3.63, 3.8) is 0 Å². The first kappa shape index (κ1) is 20.9. The van der Waals surface area contributed by atoms with E-state index in [4.69, 9.17) is 4.98 Å². The highest BCUT2D eigenvalue weighted by molar-refractivity contribution is 5.77. The standard InChI is InChI=1S/C25H36N8O/c1-23(2,3)18-8-26-19(27-18)9-31-10-25(11-31)14-33(15-25)22(34)32-12-24(13-32)6-17(7-24)21-28-20(29-30-21)16-4-5-16/h8,16-17H,4-7,9-15H2,1-3H3,(H,26,27)(H,28,29,30). The van der Waals surface area contributed by atoms with E-state index in [0.29, 0.717) is 22.7 Å². The van der Waals surface area contributed by atoms with E-state index in [1.807, 2.05) is 6.20 Å². The summed E-state index contributed by atoms with van der Waals surface area (Å²) < 4.78 is 0. The number of carbonyl (C=O) groups excluding carboxylic acids is 1. The Hall–Kier alpha value is -2.42. The van der Waals surface area contributed by atoms with Crippen molar-refractivity contribution in [3.8, 4) is 0 Å². The van der Waals surface area contributed by atoms with Crippen molar-refractivity contribution in [2.45, 2.75) is 70.3 Å². The Kier molecular flexibility index (Phi) is 4.20. The Bertz CT molecular complexity index is 1100. The fraction of sp³-hybridized carbons (Fsp3) is 0.760. The molecule has 0 atom stereocenters. The third-order valence-electron chi connectivity index (χ3n) is 8.78. The van der Waals surface area contributed by atoms with Gasteiger partial charge in [-0.15, -0.1) is 0 Å². The van der Waals surface area contributed by atoms with E-state index < -0.39 is 0 Å². The molecule has 3 aliphatic heterocycles. The molecule has 2 spiro atoms. The number of nitrogens with one attached hydrogen (secondary N) is 2. The van der Waals surface area contributed by atoms with Gasteiger partial charge in [0.1, 0.15) is 11.6 Å². The lowest BCUT2D eigenvalue weighted by Crippen LogP contribution is -2.75. The first-order valence-corrected chi connectivity index (χ1v) is 12.9. The SMILES string of the molecule is CC(C)(C)c1cnc(CN2CC3(C2)CN(C(=O)N2CC4(CC(c5n[nH]c(C6CC6)n5)C4)C2)C3)[nH]1. The van der Waals surface area contributed by atoms with E-state index in [1.165, 1.54) is 18.5 Å². The number of hydrogen-bond donors (Lipinski definition) is 2. The topological polar surface area (TPSA) is 97.0 Å². The van der Waals surface area contributed by atoms with Crippen LogP contribution in [0.2, 0.25) is 0 Å². The van der Waals surface area contributed by atoms with Gasteiger partial charge >= 0.3 is 6.03 Å². The summed E-state index contributed by atoms with van der Waals surface area (Å²) in [5.74, 6) is 4.23. The van der Waals surface area contributed by atoms with Gasteiger partial charge in [0.25, 0.3) is 0 Å². The number of aromatic amines is 2. The largest absolute Gasteiger partial charge is 0.344 e. The molecule has 9 heteroatoms. The maximum atomic E-state index is 13.0. The Morgan fingerprint density at radius 3 is 2.32 bits per heavy atom. The van der Waals surface area contributed by atoms with Gasteiger partial charge in [-0.2, -0.15) is 5.10 Å². The van der Waals surface area contributed by atoms with Gasteiger partial charge < -0.3 is 14.8 Å². The van der Waals surface area contributed by atoms with Crippen LogP contribution in [0.4, 0.5) is 4.79 Å².